The summed E-state index contributed by atoms with van der Waals surface area (Å²) in [5, 5.41) is 8.56. The fourth-order valence-electron chi connectivity index (χ4n) is 1.64. The number of fused-ring (bicyclic) bond motifs is 1. The van der Waals surface area contributed by atoms with Gasteiger partial charge in [0.25, 0.3) is 0 Å². The number of hydrogen-bond donors (Lipinski definition) is 0. The average Bonchev–Trinajstić information content (AvgIpc) is 2.22. The fourth-order valence-corrected chi connectivity index (χ4v) is 1.64. The number of aryl methyl sites for hydroxylation is 1. The molecule has 5 heteroatoms. The van der Waals surface area contributed by atoms with Gasteiger partial charge >= 0.3 is 0 Å². The minimum Gasteiger partial charge on any atom is -0.347 e. The van der Waals surface area contributed by atoms with Gasteiger partial charge < -0.3 is 4.57 Å². The molecule has 0 radical (unpaired) electrons. The van der Waals surface area contributed by atoms with Gasteiger partial charge in [-0.2, -0.15) is 5.26 Å². The molecule has 1 heterocycles. The van der Waals surface area contributed by atoms with Gasteiger partial charge in [0.2, 0.25) is 5.43 Å². The zero-order valence-corrected chi connectivity index (χ0v) is 8.29. The van der Waals surface area contributed by atoms with Crippen LogP contribution in [0.4, 0.5) is 8.78 Å². The minimum atomic E-state index is -0.836. The summed E-state index contributed by atoms with van der Waals surface area (Å²) in [4.78, 5) is 11.6. The maximum Gasteiger partial charge on any atom is 0.207 e. The van der Waals surface area contributed by atoms with Crippen LogP contribution in [0, 0.1) is 23.0 Å². The Morgan fingerprint density at radius 2 is 2.06 bits per heavy atom. The van der Waals surface area contributed by atoms with Crippen molar-refractivity contribution < 1.29 is 8.78 Å². The monoisotopic (exact) mass is 220 g/mol. The van der Waals surface area contributed by atoms with E-state index < -0.39 is 17.1 Å². The first-order valence-electron chi connectivity index (χ1n) is 4.43. The quantitative estimate of drug-likeness (QED) is 0.678. The third kappa shape index (κ3) is 1.36. The molecule has 0 aliphatic heterocycles. The SMILES string of the molecule is Cn1cc(C#N)c(=O)c2cc(F)cc(F)c21. The summed E-state index contributed by atoms with van der Waals surface area (Å²) in [5.74, 6) is -1.66. The Morgan fingerprint density at radius 1 is 1.38 bits per heavy atom. The van der Waals surface area contributed by atoms with Crippen molar-refractivity contribution in [3.8, 4) is 6.07 Å². The van der Waals surface area contributed by atoms with E-state index in [4.69, 9.17) is 5.26 Å². The lowest BCUT2D eigenvalue weighted by Crippen LogP contribution is -2.12. The maximum absolute atomic E-state index is 13.4. The Balaban J connectivity index is 3.10. The largest absolute Gasteiger partial charge is 0.347 e. The molecule has 0 bridgehead atoms. The second kappa shape index (κ2) is 3.42. The molecule has 0 fully saturated rings. The normalized spacial score (nSPS) is 10.4. The summed E-state index contributed by atoms with van der Waals surface area (Å²) in [6.07, 6.45) is 1.23. The van der Waals surface area contributed by atoms with E-state index in [0.29, 0.717) is 6.07 Å². The molecule has 0 aliphatic rings. The van der Waals surface area contributed by atoms with Crippen molar-refractivity contribution in [2.75, 3.05) is 0 Å². The number of rotatable bonds is 0. The van der Waals surface area contributed by atoms with Crippen LogP contribution in [0.2, 0.25) is 0 Å². The van der Waals surface area contributed by atoms with Crippen LogP contribution in [0.1, 0.15) is 5.56 Å². The van der Waals surface area contributed by atoms with Crippen LogP contribution in [-0.2, 0) is 7.05 Å². The molecule has 0 aliphatic carbocycles. The topological polar surface area (TPSA) is 45.8 Å². The lowest BCUT2D eigenvalue weighted by Gasteiger charge is -2.06. The van der Waals surface area contributed by atoms with E-state index in [0.717, 1.165) is 6.07 Å². The lowest BCUT2D eigenvalue weighted by atomic mass is 10.1. The molecule has 2 rings (SSSR count). The highest BCUT2D eigenvalue weighted by Crippen LogP contribution is 2.16. The third-order valence-corrected chi connectivity index (χ3v) is 2.31. The van der Waals surface area contributed by atoms with Gasteiger partial charge in [-0.1, -0.05) is 0 Å². The van der Waals surface area contributed by atoms with Crippen molar-refractivity contribution in [3.63, 3.8) is 0 Å². The summed E-state index contributed by atoms with van der Waals surface area (Å²) in [6.45, 7) is 0. The first-order chi connectivity index (χ1) is 7.54. The smallest absolute Gasteiger partial charge is 0.207 e. The molecule has 0 spiro atoms. The molecular formula is C11H6F2N2O. The molecule has 0 amide bonds. The van der Waals surface area contributed by atoms with E-state index in [-0.39, 0.29) is 16.5 Å². The number of nitriles is 1. The summed E-state index contributed by atoms with van der Waals surface area (Å²) in [7, 11) is 1.49. The van der Waals surface area contributed by atoms with E-state index >= 15 is 0 Å². The van der Waals surface area contributed by atoms with Crippen LogP contribution in [0.5, 0.6) is 0 Å². The standard InChI is InChI=1S/C11H6F2N2O/c1-15-5-6(4-14)11(16)8-2-7(12)3-9(13)10(8)15/h2-3,5H,1H3. The fraction of sp³-hybridized carbons (Fsp3) is 0.0909. The number of pyridine rings is 1. The summed E-state index contributed by atoms with van der Waals surface area (Å²) in [5.41, 5.74) is -0.806. The Kier molecular flexibility index (Phi) is 2.20. The molecule has 0 saturated heterocycles. The number of halogens is 2. The zero-order valence-electron chi connectivity index (χ0n) is 8.29. The predicted molar refractivity (Wildman–Crippen MR) is 53.8 cm³/mol. The van der Waals surface area contributed by atoms with Crippen LogP contribution < -0.4 is 5.43 Å². The Labute approximate surface area is 89.2 Å². The summed E-state index contributed by atoms with van der Waals surface area (Å²) in [6, 6.07) is 3.32. The number of aromatic nitrogens is 1. The first-order valence-corrected chi connectivity index (χ1v) is 4.43. The summed E-state index contributed by atoms with van der Waals surface area (Å²) >= 11 is 0. The van der Waals surface area contributed by atoms with Gasteiger partial charge in [0.15, 0.2) is 0 Å². The Bertz CT molecular complexity index is 683. The van der Waals surface area contributed by atoms with E-state index in [1.165, 1.54) is 17.8 Å². The minimum absolute atomic E-state index is 0.00889. The molecular weight excluding hydrogens is 214 g/mol. The van der Waals surface area contributed by atoms with Crippen molar-refractivity contribution in [1.29, 1.82) is 5.26 Å². The van der Waals surface area contributed by atoms with Crippen LogP contribution in [-0.4, -0.2) is 4.57 Å². The molecule has 3 nitrogen and oxygen atoms in total. The van der Waals surface area contributed by atoms with Gasteiger partial charge in [0.05, 0.1) is 10.9 Å². The second-order valence-electron chi connectivity index (χ2n) is 3.38. The predicted octanol–water partition coefficient (Wildman–Crippen LogP) is 1.69. The van der Waals surface area contributed by atoms with Gasteiger partial charge in [-0.15, -0.1) is 0 Å². The maximum atomic E-state index is 13.4. The summed E-state index contributed by atoms with van der Waals surface area (Å²) < 4.78 is 27.7. The highest BCUT2D eigenvalue weighted by molar-refractivity contribution is 5.80. The van der Waals surface area contributed by atoms with Crippen molar-refractivity contribution in [2.24, 2.45) is 7.05 Å². The van der Waals surface area contributed by atoms with Crippen LogP contribution in [0.3, 0.4) is 0 Å². The molecule has 16 heavy (non-hydrogen) atoms. The number of benzene rings is 1. The molecule has 1 aromatic carbocycles. The van der Waals surface area contributed by atoms with E-state index in [2.05, 4.69) is 0 Å². The molecule has 0 unspecified atom stereocenters. The van der Waals surface area contributed by atoms with Gasteiger partial charge in [-0.05, 0) is 6.07 Å². The van der Waals surface area contributed by atoms with Crippen LogP contribution >= 0.6 is 0 Å². The zero-order chi connectivity index (χ0) is 11.9. The van der Waals surface area contributed by atoms with Gasteiger partial charge in [0.1, 0.15) is 23.3 Å². The van der Waals surface area contributed by atoms with E-state index in [1.54, 1.807) is 6.07 Å². The third-order valence-electron chi connectivity index (χ3n) is 2.31. The molecule has 0 saturated carbocycles. The van der Waals surface area contributed by atoms with Gasteiger partial charge in [-0.25, -0.2) is 8.78 Å². The molecule has 0 N–H and O–H groups in total. The van der Waals surface area contributed by atoms with Gasteiger partial charge in [-0.3, -0.25) is 4.79 Å². The lowest BCUT2D eigenvalue weighted by molar-refractivity contribution is 0.587. The second-order valence-corrected chi connectivity index (χ2v) is 3.38. The molecule has 0 atom stereocenters. The Hall–Kier alpha value is -2.22. The van der Waals surface area contributed by atoms with Crippen molar-refractivity contribution in [2.45, 2.75) is 0 Å². The molecule has 2 aromatic rings. The van der Waals surface area contributed by atoms with E-state index in [1.807, 2.05) is 0 Å². The number of nitrogens with zero attached hydrogens (tertiary/aromatic N) is 2. The van der Waals surface area contributed by atoms with Crippen molar-refractivity contribution >= 4 is 10.9 Å². The highest BCUT2D eigenvalue weighted by Gasteiger charge is 2.12. The van der Waals surface area contributed by atoms with Crippen molar-refractivity contribution in [3.05, 3.63) is 45.8 Å². The molecule has 80 valence electrons. The Morgan fingerprint density at radius 3 is 2.69 bits per heavy atom. The average molecular weight is 220 g/mol. The molecule has 1 aromatic heterocycles. The van der Waals surface area contributed by atoms with Crippen LogP contribution in [0.25, 0.3) is 10.9 Å². The van der Waals surface area contributed by atoms with Crippen molar-refractivity contribution in [1.82, 2.24) is 4.57 Å². The van der Waals surface area contributed by atoms with Crippen LogP contribution in [0.15, 0.2) is 23.1 Å². The van der Waals surface area contributed by atoms with E-state index in [9.17, 15) is 13.6 Å². The number of hydrogen-bond acceptors (Lipinski definition) is 2. The first kappa shape index (κ1) is 10.3. The highest BCUT2D eigenvalue weighted by atomic mass is 19.1. The van der Waals surface area contributed by atoms with Gasteiger partial charge in [0, 0.05) is 19.3 Å².